The number of benzene rings is 2. The molecule has 1 aromatic heterocycles. The van der Waals surface area contributed by atoms with E-state index in [1.807, 2.05) is 42.2 Å². The van der Waals surface area contributed by atoms with Crippen LogP contribution in [-0.2, 0) is 0 Å². The third kappa shape index (κ3) is 6.09. The van der Waals surface area contributed by atoms with Crippen molar-refractivity contribution in [1.29, 1.82) is 0 Å². The minimum Gasteiger partial charge on any atom is -0.405 e. The smallest absolute Gasteiger partial charge is 0.405 e. The molecule has 0 bridgehead atoms. The fourth-order valence-electron chi connectivity index (χ4n) is 2.81. The number of para-hydroxylation sites is 2. The van der Waals surface area contributed by atoms with Crippen molar-refractivity contribution in [1.82, 2.24) is 10.1 Å². The standard InChI is InChI=1S/C21H20F3N7O2/c1-3-31(14-9-5-4-6-10-14)13(2)27-20(26)28-17(25)18-29-19(33-30-18)15-11-7-8-12-16(15)32-21(22,23)24/h4-12H,2-3H2,1H3,(H4,25,26,27,28). The Morgan fingerprint density at radius 1 is 1.09 bits per heavy atom. The summed E-state index contributed by atoms with van der Waals surface area (Å²) in [4.78, 5) is 13.8. The number of nitrogens with two attached hydrogens (primary N) is 2. The number of ether oxygens (including phenoxy) is 1. The molecular weight excluding hydrogens is 439 g/mol. The monoisotopic (exact) mass is 459 g/mol. The van der Waals surface area contributed by atoms with Crippen LogP contribution in [-0.4, -0.2) is 34.8 Å². The van der Waals surface area contributed by atoms with E-state index >= 15 is 0 Å². The normalized spacial score (nSPS) is 12.5. The molecule has 0 saturated carbocycles. The molecule has 3 aromatic rings. The summed E-state index contributed by atoms with van der Waals surface area (Å²) in [6.45, 7) is 6.39. The van der Waals surface area contributed by atoms with Crippen LogP contribution in [0, 0.1) is 0 Å². The fourth-order valence-corrected chi connectivity index (χ4v) is 2.81. The van der Waals surface area contributed by atoms with Crippen molar-refractivity contribution >= 4 is 17.5 Å². The molecule has 0 aliphatic carbocycles. The molecule has 0 fully saturated rings. The minimum absolute atomic E-state index is 0.0714. The molecule has 4 N–H and O–H groups in total. The number of rotatable bonds is 7. The molecule has 0 unspecified atom stereocenters. The second kappa shape index (κ2) is 9.85. The highest BCUT2D eigenvalue weighted by Crippen LogP contribution is 2.32. The largest absolute Gasteiger partial charge is 0.573 e. The van der Waals surface area contributed by atoms with Gasteiger partial charge >= 0.3 is 6.36 Å². The van der Waals surface area contributed by atoms with Crippen LogP contribution in [0.5, 0.6) is 5.75 Å². The van der Waals surface area contributed by atoms with Gasteiger partial charge in [-0.15, -0.1) is 13.2 Å². The Morgan fingerprint density at radius 2 is 1.76 bits per heavy atom. The van der Waals surface area contributed by atoms with Crippen LogP contribution in [0.1, 0.15) is 12.7 Å². The maximum atomic E-state index is 12.6. The van der Waals surface area contributed by atoms with Gasteiger partial charge in [0.05, 0.1) is 5.56 Å². The van der Waals surface area contributed by atoms with Gasteiger partial charge in [-0.3, -0.25) is 0 Å². The number of guanidine groups is 1. The van der Waals surface area contributed by atoms with E-state index in [0.717, 1.165) is 11.8 Å². The Hall–Kier alpha value is -4.35. The molecule has 172 valence electrons. The molecule has 1 heterocycles. The Kier molecular flexibility index (Phi) is 6.96. The molecule has 3 rings (SSSR count). The van der Waals surface area contributed by atoms with E-state index in [9.17, 15) is 13.2 Å². The molecule has 2 aromatic carbocycles. The van der Waals surface area contributed by atoms with Crippen LogP contribution in [0.25, 0.3) is 11.5 Å². The Balaban J connectivity index is 1.81. The third-order valence-electron chi connectivity index (χ3n) is 4.17. The number of amidine groups is 1. The van der Waals surface area contributed by atoms with Crippen LogP contribution >= 0.6 is 0 Å². The average molecular weight is 459 g/mol. The average Bonchev–Trinajstić information content (AvgIpc) is 3.24. The number of hydrogen-bond donors (Lipinski definition) is 2. The van der Waals surface area contributed by atoms with Gasteiger partial charge < -0.3 is 25.6 Å². The first kappa shape index (κ1) is 23.3. The predicted molar refractivity (Wildman–Crippen MR) is 117 cm³/mol. The third-order valence-corrected chi connectivity index (χ3v) is 4.17. The van der Waals surface area contributed by atoms with Crippen molar-refractivity contribution < 1.29 is 22.4 Å². The summed E-state index contributed by atoms with van der Waals surface area (Å²) in [6.07, 6.45) is -4.89. The first-order valence-corrected chi connectivity index (χ1v) is 9.57. The number of halogens is 3. The molecule has 33 heavy (non-hydrogen) atoms. The van der Waals surface area contributed by atoms with E-state index in [0.29, 0.717) is 12.4 Å². The lowest BCUT2D eigenvalue weighted by Crippen LogP contribution is -2.24. The highest BCUT2D eigenvalue weighted by Gasteiger charge is 2.33. The van der Waals surface area contributed by atoms with E-state index in [1.165, 1.54) is 18.2 Å². The number of alkyl halides is 3. The summed E-state index contributed by atoms with van der Waals surface area (Å²) >= 11 is 0. The topological polar surface area (TPSA) is 128 Å². The predicted octanol–water partition coefficient (Wildman–Crippen LogP) is 3.65. The lowest BCUT2D eigenvalue weighted by atomic mass is 10.2. The molecule has 12 heteroatoms. The minimum atomic E-state index is -4.89. The van der Waals surface area contributed by atoms with Crippen LogP contribution in [0.2, 0.25) is 0 Å². The van der Waals surface area contributed by atoms with Crippen LogP contribution < -0.4 is 21.1 Å². The van der Waals surface area contributed by atoms with Crippen molar-refractivity contribution in [2.45, 2.75) is 13.3 Å². The van der Waals surface area contributed by atoms with Crippen molar-refractivity contribution in [2.75, 3.05) is 11.4 Å². The van der Waals surface area contributed by atoms with Gasteiger partial charge in [-0.1, -0.05) is 42.1 Å². The fraction of sp³-hybridized carbons (Fsp3) is 0.143. The zero-order valence-electron chi connectivity index (χ0n) is 17.5. The molecule has 9 nitrogen and oxygen atoms in total. The van der Waals surface area contributed by atoms with Crippen molar-refractivity contribution in [3.8, 4) is 17.2 Å². The van der Waals surface area contributed by atoms with Gasteiger partial charge in [0.2, 0.25) is 11.8 Å². The van der Waals surface area contributed by atoms with Gasteiger partial charge in [0, 0.05) is 12.2 Å². The van der Waals surface area contributed by atoms with E-state index < -0.39 is 12.1 Å². The quantitative estimate of drug-likeness (QED) is 0.408. The van der Waals surface area contributed by atoms with E-state index in [1.54, 1.807) is 0 Å². The summed E-state index contributed by atoms with van der Waals surface area (Å²) in [5.41, 5.74) is 12.5. The lowest BCUT2D eigenvalue weighted by Gasteiger charge is -2.22. The first-order chi connectivity index (χ1) is 15.7. The number of hydrogen-bond acceptors (Lipinski definition) is 6. The number of aliphatic imine (C=N–C) groups is 2. The van der Waals surface area contributed by atoms with E-state index in [4.69, 9.17) is 16.0 Å². The molecule has 0 aliphatic rings. The zero-order valence-corrected chi connectivity index (χ0v) is 17.5. The van der Waals surface area contributed by atoms with Crippen LogP contribution in [0.3, 0.4) is 0 Å². The van der Waals surface area contributed by atoms with Gasteiger partial charge in [-0.2, -0.15) is 15.0 Å². The number of anilines is 1. The molecule has 0 radical (unpaired) electrons. The van der Waals surface area contributed by atoms with E-state index in [-0.39, 0.29) is 29.1 Å². The highest BCUT2D eigenvalue weighted by molar-refractivity contribution is 6.02. The summed E-state index contributed by atoms with van der Waals surface area (Å²) in [5, 5.41) is 3.64. The SMILES string of the molecule is C=C(N=C(N)N=C(N)c1noc(-c2ccccc2OC(F)(F)F)n1)N(CC)c1ccccc1. The molecular formula is C21H20F3N7O2. The lowest BCUT2D eigenvalue weighted by molar-refractivity contribution is -0.274. The van der Waals surface area contributed by atoms with Gasteiger partial charge in [0.15, 0.2) is 5.84 Å². The van der Waals surface area contributed by atoms with E-state index in [2.05, 4.69) is 31.4 Å². The maximum Gasteiger partial charge on any atom is 0.573 e. The Bertz CT molecular complexity index is 1170. The van der Waals surface area contributed by atoms with Crippen molar-refractivity contribution in [2.24, 2.45) is 21.5 Å². The Labute approximate surface area is 186 Å². The van der Waals surface area contributed by atoms with Crippen LogP contribution in [0.4, 0.5) is 18.9 Å². The number of nitrogens with zero attached hydrogens (tertiary/aromatic N) is 5. The summed E-state index contributed by atoms with van der Waals surface area (Å²) in [5.74, 6) is -1.09. The summed E-state index contributed by atoms with van der Waals surface area (Å²) in [6, 6.07) is 14.7. The van der Waals surface area contributed by atoms with Gasteiger partial charge in [0.25, 0.3) is 5.89 Å². The van der Waals surface area contributed by atoms with Crippen LogP contribution in [0.15, 0.2) is 81.5 Å². The number of aromatic nitrogens is 2. The molecule has 0 atom stereocenters. The molecule has 0 spiro atoms. The molecule has 0 amide bonds. The van der Waals surface area contributed by atoms with Gasteiger partial charge in [0.1, 0.15) is 11.6 Å². The van der Waals surface area contributed by atoms with Gasteiger partial charge in [-0.25, -0.2) is 0 Å². The maximum absolute atomic E-state index is 12.6. The Morgan fingerprint density at radius 3 is 2.42 bits per heavy atom. The zero-order chi connectivity index (χ0) is 24.0. The molecule has 0 aliphatic heterocycles. The first-order valence-electron chi connectivity index (χ1n) is 9.57. The van der Waals surface area contributed by atoms with Crippen molar-refractivity contribution in [3.63, 3.8) is 0 Å². The second-order valence-electron chi connectivity index (χ2n) is 6.43. The highest BCUT2D eigenvalue weighted by atomic mass is 19.4. The summed E-state index contributed by atoms with van der Waals surface area (Å²) in [7, 11) is 0. The van der Waals surface area contributed by atoms with Gasteiger partial charge in [-0.05, 0) is 31.2 Å². The summed E-state index contributed by atoms with van der Waals surface area (Å²) < 4.78 is 46.9. The van der Waals surface area contributed by atoms with Crippen molar-refractivity contribution in [3.05, 3.63) is 72.8 Å². The molecule has 0 saturated heterocycles. The second-order valence-corrected chi connectivity index (χ2v) is 6.43.